The minimum absolute atomic E-state index is 0.419. The Bertz CT molecular complexity index is 270. The van der Waals surface area contributed by atoms with Crippen molar-refractivity contribution in [3.63, 3.8) is 0 Å². The lowest BCUT2D eigenvalue weighted by Gasteiger charge is -2.32. The lowest BCUT2D eigenvalue weighted by Crippen LogP contribution is -2.49. The van der Waals surface area contributed by atoms with Gasteiger partial charge in [-0.15, -0.1) is 0 Å². The Morgan fingerprint density at radius 1 is 0.933 bits per heavy atom. The third kappa shape index (κ3) is 2.48. The molecule has 0 bridgehead atoms. The van der Waals surface area contributed by atoms with Crippen LogP contribution in [0.2, 0.25) is 0 Å². The fraction of sp³-hybridized carbons (Fsp3) is 1.00. The topological polar surface area (TPSA) is 59.1 Å². The molecule has 2 saturated heterocycles. The van der Waals surface area contributed by atoms with Crippen molar-refractivity contribution in [2.24, 2.45) is 0 Å². The molecule has 0 amide bonds. The Morgan fingerprint density at radius 2 is 1.67 bits per heavy atom. The summed E-state index contributed by atoms with van der Waals surface area (Å²) in [7, 11) is -3.42. The van der Waals surface area contributed by atoms with Crippen LogP contribution in [-0.2, 0) is 19.8 Å². The van der Waals surface area contributed by atoms with Gasteiger partial charge in [-0.25, -0.2) is 0 Å². The SMILES string of the molecule is O=S(=O)(N1CCOCC1)N1CCCCO1. The molecule has 0 atom stereocenters. The summed E-state index contributed by atoms with van der Waals surface area (Å²) in [4.78, 5) is 5.16. The summed E-state index contributed by atoms with van der Waals surface area (Å²) in [6, 6.07) is 0. The maximum Gasteiger partial charge on any atom is 0.304 e. The number of ether oxygens (including phenoxy) is 1. The van der Waals surface area contributed by atoms with Crippen LogP contribution in [0.1, 0.15) is 12.8 Å². The molecule has 0 aromatic rings. The second kappa shape index (κ2) is 4.75. The molecule has 2 rings (SSSR count). The van der Waals surface area contributed by atoms with Crippen LogP contribution >= 0.6 is 0 Å². The van der Waals surface area contributed by atoms with Gasteiger partial charge in [-0.05, 0) is 12.8 Å². The van der Waals surface area contributed by atoms with E-state index in [-0.39, 0.29) is 0 Å². The summed E-state index contributed by atoms with van der Waals surface area (Å²) in [5.41, 5.74) is 0. The Kier molecular flexibility index (Phi) is 3.57. The van der Waals surface area contributed by atoms with E-state index in [1.807, 2.05) is 0 Å². The van der Waals surface area contributed by atoms with E-state index in [4.69, 9.17) is 9.57 Å². The number of hydrogen-bond donors (Lipinski definition) is 0. The van der Waals surface area contributed by atoms with Crippen molar-refractivity contribution in [2.45, 2.75) is 12.8 Å². The number of hydrogen-bond acceptors (Lipinski definition) is 4. The molecular weight excluding hydrogens is 220 g/mol. The molecule has 6 nitrogen and oxygen atoms in total. The summed E-state index contributed by atoms with van der Waals surface area (Å²) in [6.07, 6.45) is 1.79. The predicted molar refractivity (Wildman–Crippen MR) is 53.2 cm³/mol. The fourth-order valence-electron chi connectivity index (χ4n) is 1.66. The first-order valence-electron chi connectivity index (χ1n) is 5.20. The Morgan fingerprint density at radius 3 is 2.27 bits per heavy atom. The highest BCUT2D eigenvalue weighted by molar-refractivity contribution is 7.86. The van der Waals surface area contributed by atoms with Gasteiger partial charge in [0.15, 0.2) is 0 Å². The highest BCUT2D eigenvalue weighted by atomic mass is 32.2. The van der Waals surface area contributed by atoms with Gasteiger partial charge < -0.3 is 4.74 Å². The van der Waals surface area contributed by atoms with Gasteiger partial charge in [0.05, 0.1) is 19.8 Å². The van der Waals surface area contributed by atoms with Gasteiger partial charge in [-0.2, -0.15) is 12.7 Å². The van der Waals surface area contributed by atoms with Crippen molar-refractivity contribution in [2.75, 3.05) is 39.5 Å². The van der Waals surface area contributed by atoms with E-state index >= 15 is 0 Å². The standard InChI is InChI=1S/C8H16N2O4S/c11-15(12,9-4-7-13-8-5-9)10-3-1-2-6-14-10/h1-8H2. The van der Waals surface area contributed by atoms with E-state index in [0.29, 0.717) is 39.5 Å². The Labute approximate surface area is 89.9 Å². The van der Waals surface area contributed by atoms with E-state index in [2.05, 4.69) is 0 Å². The van der Waals surface area contributed by atoms with E-state index < -0.39 is 10.2 Å². The van der Waals surface area contributed by atoms with Crippen LogP contribution < -0.4 is 0 Å². The molecule has 0 N–H and O–H groups in total. The lowest BCUT2D eigenvalue weighted by atomic mass is 10.3. The largest absolute Gasteiger partial charge is 0.379 e. The van der Waals surface area contributed by atoms with Gasteiger partial charge in [-0.1, -0.05) is 4.47 Å². The summed E-state index contributed by atoms with van der Waals surface area (Å²) in [5, 5.41) is 0. The summed E-state index contributed by atoms with van der Waals surface area (Å²) in [5.74, 6) is 0. The molecule has 0 aromatic heterocycles. The van der Waals surface area contributed by atoms with Crippen molar-refractivity contribution in [1.29, 1.82) is 0 Å². The van der Waals surface area contributed by atoms with Gasteiger partial charge in [0.1, 0.15) is 0 Å². The molecule has 0 aromatic carbocycles. The van der Waals surface area contributed by atoms with E-state index in [1.54, 1.807) is 0 Å². The average molecular weight is 236 g/mol. The smallest absolute Gasteiger partial charge is 0.304 e. The minimum Gasteiger partial charge on any atom is -0.379 e. The first-order chi connectivity index (χ1) is 7.21. The third-order valence-corrected chi connectivity index (χ3v) is 4.34. The second-order valence-electron chi connectivity index (χ2n) is 3.59. The van der Waals surface area contributed by atoms with E-state index in [9.17, 15) is 8.42 Å². The van der Waals surface area contributed by atoms with Crippen LogP contribution in [-0.4, -0.2) is 56.6 Å². The van der Waals surface area contributed by atoms with Crippen LogP contribution in [0.3, 0.4) is 0 Å². The molecule has 0 saturated carbocycles. The van der Waals surface area contributed by atoms with Crippen molar-refractivity contribution in [1.82, 2.24) is 8.77 Å². The highest BCUT2D eigenvalue weighted by Gasteiger charge is 2.32. The quantitative estimate of drug-likeness (QED) is 0.654. The first kappa shape index (κ1) is 11.3. The van der Waals surface area contributed by atoms with Gasteiger partial charge in [0.25, 0.3) is 0 Å². The summed E-state index contributed by atoms with van der Waals surface area (Å²) >= 11 is 0. The maximum absolute atomic E-state index is 12.0. The number of rotatable bonds is 2. The van der Waals surface area contributed by atoms with Crippen LogP contribution in [0.4, 0.5) is 0 Å². The third-order valence-electron chi connectivity index (χ3n) is 2.52. The van der Waals surface area contributed by atoms with Gasteiger partial charge in [0.2, 0.25) is 0 Å². The van der Waals surface area contributed by atoms with Crippen molar-refractivity contribution < 1.29 is 18.0 Å². The van der Waals surface area contributed by atoms with Crippen molar-refractivity contribution >= 4 is 10.2 Å². The minimum atomic E-state index is -3.42. The van der Waals surface area contributed by atoms with Crippen LogP contribution in [0.5, 0.6) is 0 Å². The lowest BCUT2D eigenvalue weighted by molar-refractivity contribution is -0.114. The fourth-order valence-corrected chi connectivity index (χ4v) is 3.10. The predicted octanol–water partition coefficient (Wildman–Crippen LogP) is -0.409. The van der Waals surface area contributed by atoms with Gasteiger partial charge >= 0.3 is 10.2 Å². The zero-order valence-corrected chi connectivity index (χ0v) is 9.41. The number of hydroxylamine groups is 1. The molecule has 0 spiro atoms. The molecule has 88 valence electrons. The van der Waals surface area contributed by atoms with Crippen molar-refractivity contribution in [3.05, 3.63) is 0 Å². The van der Waals surface area contributed by atoms with Crippen LogP contribution in [0.25, 0.3) is 0 Å². The molecule has 2 fully saturated rings. The van der Waals surface area contributed by atoms with E-state index in [0.717, 1.165) is 17.3 Å². The Balaban J connectivity index is 2.03. The molecule has 0 unspecified atom stereocenters. The highest BCUT2D eigenvalue weighted by Crippen LogP contribution is 2.15. The number of nitrogens with zero attached hydrogens (tertiary/aromatic N) is 2. The molecule has 2 aliphatic rings. The summed E-state index contributed by atoms with van der Waals surface area (Å²) in [6.45, 7) is 2.72. The molecule has 15 heavy (non-hydrogen) atoms. The molecular formula is C8H16N2O4S. The second-order valence-corrected chi connectivity index (χ2v) is 5.41. The van der Waals surface area contributed by atoms with Crippen LogP contribution in [0, 0.1) is 0 Å². The first-order valence-corrected chi connectivity index (χ1v) is 6.59. The van der Waals surface area contributed by atoms with Gasteiger partial charge in [0, 0.05) is 19.6 Å². The average Bonchev–Trinajstić information content (AvgIpc) is 2.31. The molecule has 2 aliphatic heterocycles. The van der Waals surface area contributed by atoms with Crippen LogP contribution in [0.15, 0.2) is 0 Å². The number of morpholine rings is 1. The normalized spacial score (nSPS) is 26.7. The molecule has 0 radical (unpaired) electrons. The van der Waals surface area contributed by atoms with Crippen molar-refractivity contribution in [3.8, 4) is 0 Å². The van der Waals surface area contributed by atoms with E-state index in [1.165, 1.54) is 4.31 Å². The zero-order chi connectivity index (χ0) is 10.7. The molecule has 7 heteroatoms. The molecule has 0 aliphatic carbocycles. The maximum atomic E-state index is 12.0. The zero-order valence-electron chi connectivity index (χ0n) is 8.59. The molecule has 2 heterocycles. The van der Waals surface area contributed by atoms with Gasteiger partial charge in [-0.3, -0.25) is 4.84 Å². The summed E-state index contributed by atoms with van der Waals surface area (Å²) < 4.78 is 31.7. The Hall–Kier alpha value is -0.210. The monoisotopic (exact) mass is 236 g/mol.